The Balaban J connectivity index is 1.31. The molecule has 2 heterocycles. The van der Waals surface area contributed by atoms with E-state index in [1.165, 1.54) is 18.7 Å². The standard InChI is InChI=1S/C24H21N3O5S/c1-15(28)16-7-9-17(10-8-16)25-22(29)14-33-13-18-11-12-21(31-18)24-26-23(27-32-24)19-5-3-4-6-20(19)30-2/h3-12H,13-14H2,1-2H3,(H,25,29). The minimum Gasteiger partial charge on any atom is -0.496 e. The van der Waals surface area contributed by atoms with Crippen LogP contribution in [0.25, 0.3) is 23.0 Å². The summed E-state index contributed by atoms with van der Waals surface area (Å²) in [6.45, 7) is 1.50. The third-order valence-electron chi connectivity index (χ3n) is 4.70. The lowest BCUT2D eigenvalue weighted by Gasteiger charge is -2.05. The van der Waals surface area contributed by atoms with E-state index in [2.05, 4.69) is 15.5 Å². The van der Waals surface area contributed by atoms with E-state index < -0.39 is 0 Å². The van der Waals surface area contributed by atoms with Crippen molar-refractivity contribution in [3.8, 4) is 28.8 Å². The van der Waals surface area contributed by atoms with Gasteiger partial charge in [-0.05, 0) is 55.5 Å². The van der Waals surface area contributed by atoms with Crippen molar-refractivity contribution >= 4 is 29.1 Å². The minimum absolute atomic E-state index is 0.0159. The van der Waals surface area contributed by atoms with Gasteiger partial charge in [0.25, 0.3) is 5.89 Å². The molecule has 4 rings (SSSR count). The van der Waals surface area contributed by atoms with E-state index >= 15 is 0 Å². The Morgan fingerprint density at radius 1 is 1.06 bits per heavy atom. The number of para-hydroxylation sites is 1. The molecule has 4 aromatic rings. The highest BCUT2D eigenvalue weighted by Gasteiger charge is 2.17. The zero-order valence-electron chi connectivity index (χ0n) is 18.0. The summed E-state index contributed by atoms with van der Waals surface area (Å²) in [6, 6.07) is 17.8. The molecule has 1 amide bonds. The van der Waals surface area contributed by atoms with Crippen molar-refractivity contribution < 1.29 is 23.3 Å². The van der Waals surface area contributed by atoms with Crippen LogP contribution in [0.1, 0.15) is 23.0 Å². The fraction of sp³-hybridized carbons (Fsp3) is 0.167. The summed E-state index contributed by atoms with van der Waals surface area (Å²) in [7, 11) is 1.58. The maximum absolute atomic E-state index is 12.2. The number of ketones is 1. The second-order valence-corrected chi connectivity index (χ2v) is 8.05. The number of furan rings is 1. The number of carbonyl (C=O) groups excluding carboxylic acids is 2. The lowest BCUT2D eigenvalue weighted by molar-refractivity contribution is -0.113. The second-order valence-electron chi connectivity index (χ2n) is 7.06. The van der Waals surface area contributed by atoms with Crippen LogP contribution in [0.4, 0.5) is 5.69 Å². The van der Waals surface area contributed by atoms with Crippen molar-refractivity contribution in [2.24, 2.45) is 0 Å². The number of hydrogen-bond donors (Lipinski definition) is 1. The van der Waals surface area contributed by atoms with Gasteiger partial charge < -0.3 is 19.0 Å². The number of aromatic nitrogens is 2. The topological polar surface area (TPSA) is 107 Å². The summed E-state index contributed by atoms with van der Waals surface area (Å²) in [5, 5.41) is 6.83. The number of carbonyl (C=O) groups is 2. The first-order chi connectivity index (χ1) is 16.0. The first kappa shape index (κ1) is 22.3. The van der Waals surface area contributed by atoms with Gasteiger partial charge in [0.1, 0.15) is 11.5 Å². The van der Waals surface area contributed by atoms with Crippen LogP contribution < -0.4 is 10.1 Å². The predicted molar refractivity (Wildman–Crippen MR) is 125 cm³/mol. The van der Waals surface area contributed by atoms with Crippen molar-refractivity contribution in [2.45, 2.75) is 12.7 Å². The van der Waals surface area contributed by atoms with Crippen molar-refractivity contribution in [3.63, 3.8) is 0 Å². The molecule has 0 bridgehead atoms. The van der Waals surface area contributed by atoms with Crippen LogP contribution in [0.2, 0.25) is 0 Å². The number of thioether (sulfide) groups is 1. The Morgan fingerprint density at radius 3 is 2.61 bits per heavy atom. The molecule has 0 aliphatic heterocycles. The van der Waals surface area contributed by atoms with E-state index in [0.29, 0.717) is 40.1 Å². The van der Waals surface area contributed by atoms with Gasteiger partial charge in [-0.3, -0.25) is 9.59 Å². The average Bonchev–Trinajstić information content (AvgIpc) is 3.49. The molecule has 2 aromatic heterocycles. The number of nitrogens with zero attached hydrogens (tertiary/aromatic N) is 2. The Kier molecular flexibility index (Phi) is 6.89. The predicted octanol–water partition coefficient (Wildman–Crippen LogP) is 5.08. The van der Waals surface area contributed by atoms with E-state index in [4.69, 9.17) is 13.7 Å². The monoisotopic (exact) mass is 463 g/mol. The van der Waals surface area contributed by atoms with Crippen molar-refractivity contribution in [3.05, 3.63) is 72.0 Å². The van der Waals surface area contributed by atoms with Gasteiger partial charge in [0, 0.05) is 11.3 Å². The number of rotatable bonds is 9. The minimum atomic E-state index is -0.138. The van der Waals surface area contributed by atoms with Gasteiger partial charge in [-0.2, -0.15) is 4.98 Å². The third-order valence-corrected chi connectivity index (χ3v) is 5.65. The van der Waals surface area contributed by atoms with Crippen LogP contribution in [-0.4, -0.2) is 34.7 Å². The molecule has 33 heavy (non-hydrogen) atoms. The normalized spacial score (nSPS) is 10.7. The van der Waals surface area contributed by atoms with E-state index in [9.17, 15) is 9.59 Å². The largest absolute Gasteiger partial charge is 0.496 e. The van der Waals surface area contributed by atoms with Crippen LogP contribution in [0.5, 0.6) is 5.75 Å². The highest BCUT2D eigenvalue weighted by molar-refractivity contribution is 7.99. The van der Waals surface area contributed by atoms with Gasteiger partial charge in [-0.1, -0.05) is 17.3 Å². The maximum atomic E-state index is 12.2. The van der Waals surface area contributed by atoms with E-state index in [1.807, 2.05) is 30.3 Å². The van der Waals surface area contributed by atoms with Gasteiger partial charge in [-0.25, -0.2) is 0 Å². The fourth-order valence-electron chi connectivity index (χ4n) is 3.06. The average molecular weight is 464 g/mol. The number of amides is 1. The van der Waals surface area contributed by atoms with E-state index in [-0.39, 0.29) is 23.3 Å². The van der Waals surface area contributed by atoms with Crippen molar-refractivity contribution in [1.82, 2.24) is 10.1 Å². The van der Waals surface area contributed by atoms with E-state index in [0.717, 1.165) is 5.56 Å². The molecule has 0 fully saturated rings. The quantitative estimate of drug-likeness (QED) is 0.343. The molecule has 168 valence electrons. The number of Topliss-reactive ketones (excluding diaryl/α,β-unsaturated/α-hetero) is 1. The number of benzene rings is 2. The number of ether oxygens (including phenoxy) is 1. The first-order valence-electron chi connectivity index (χ1n) is 10.1. The van der Waals surface area contributed by atoms with Crippen LogP contribution >= 0.6 is 11.8 Å². The molecule has 9 heteroatoms. The molecule has 0 saturated heterocycles. The molecule has 0 aliphatic carbocycles. The van der Waals surface area contributed by atoms with Gasteiger partial charge in [0.2, 0.25) is 11.7 Å². The van der Waals surface area contributed by atoms with Crippen LogP contribution in [0.15, 0.2) is 69.6 Å². The molecule has 0 atom stereocenters. The highest BCUT2D eigenvalue weighted by Crippen LogP contribution is 2.30. The van der Waals surface area contributed by atoms with E-state index in [1.54, 1.807) is 37.4 Å². The summed E-state index contributed by atoms with van der Waals surface area (Å²) in [6.07, 6.45) is 0. The highest BCUT2D eigenvalue weighted by atomic mass is 32.2. The Hall–Kier alpha value is -3.85. The summed E-state index contributed by atoms with van der Waals surface area (Å²) in [5.74, 6) is 3.06. The maximum Gasteiger partial charge on any atom is 0.293 e. The molecule has 0 aliphatic rings. The van der Waals surface area contributed by atoms with Gasteiger partial charge in [0.15, 0.2) is 11.5 Å². The fourth-order valence-corrected chi connectivity index (χ4v) is 3.78. The Labute approximate surface area is 194 Å². The molecular formula is C24H21N3O5S. The molecular weight excluding hydrogens is 442 g/mol. The molecule has 8 nitrogen and oxygen atoms in total. The zero-order valence-corrected chi connectivity index (χ0v) is 18.8. The lowest BCUT2D eigenvalue weighted by Crippen LogP contribution is -2.14. The SMILES string of the molecule is COc1ccccc1-c1noc(-c2ccc(CSCC(=O)Nc3ccc(C(C)=O)cc3)o2)n1. The molecule has 0 radical (unpaired) electrons. The molecule has 1 N–H and O–H groups in total. The second kappa shape index (κ2) is 10.2. The summed E-state index contributed by atoms with van der Waals surface area (Å²) < 4.78 is 16.5. The summed E-state index contributed by atoms with van der Waals surface area (Å²) >= 11 is 1.41. The van der Waals surface area contributed by atoms with Gasteiger partial charge in [-0.15, -0.1) is 11.8 Å². The molecule has 2 aromatic carbocycles. The summed E-state index contributed by atoms with van der Waals surface area (Å²) in [4.78, 5) is 27.9. The number of nitrogens with one attached hydrogen (secondary N) is 1. The first-order valence-corrected chi connectivity index (χ1v) is 11.2. The molecule has 0 saturated carbocycles. The number of hydrogen-bond acceptors (Lipinski definition) is 8. The van der Waals surface area contributed by atoms with Crippen LogP contribution in [0.3, 0.4) is 0 Å². The Bertz CT molecular complexity index is 1260. The molecule has 0 unspecified atom stereocenters. The zero-order chi connectivity index (χ0) is 23.2. The number of anilines is 1. The van der Waals surface area contributed by atoms with Crippen molar-refractivity contribution in [2.75, 3.05) is 18.2 Å². The molecule has 0 spiro atoms. The smallest absolute Gasteiger partial charge is 0.293 e. The summed E-state index contributed by atoms with van der Waals surface area (Å²) in [5.41, 5.74) is 1.97. The van der Waals surface area contributed by atoms with Crippen molar-refractivity contribution in [1.29, 1.82) is 0 Å². The third kappa shape index (κ3) is 5.50. The van der Waals surface area contributed by atoms with Crippen LogP contribution in [0, 0.1) is 0 Å². The van der Waals surface area contributed by atoms with Gasteiger partial charge in [0.05, 0.1) is 24.2 Å². The Morgan fingerprint density at radius 2 is 1.85 bits per heavy atom. The van der Waals surface area contributed by atoms with Gasteiger partial charge >= 0.3 is 0 Å². The number of methoxy groups -OCH3 is 1. The lowest BCUT2D eigenvalue weighted by atomic mass is 10.1. The van der Waals surface area contributed by atoms with Crippen LogP contribution in [-0.2, 0) is 10.5 Å².